The van der Waals surface area contributed by atoms with Crippen molar-refractivity contribution in [3.8, 4) is 11.3 Å². The number of carbonyl (C=O) groups is 1. The second-order valence-electron chi connectivity index (χ2n) is 8.62. The van der Waals surface area contributed by atoms with E-state index in [1.807, 2.05) is 47.0 Å². The first-order chi connectivity index (χ1) is 16.1. The number of pyridine rings is 1. The summed E-state index contributed by atoms with van der Waals surface area (Å²) < 4.78 is 1.94. The van der Waals surface area contributed by atoms with Crippen molar-refractivity contribution in [1.29, 1.82) is 0 Å². The summed E-state index contributed by atoms with van der Waals surface area (Å²) in [4.78, 5) is 26.2. The Labute approximate surface area is 191 Å². The van der Waals surface area contributed by atoms with Crippen molar-refractivity contribution in [2.75, 3.05) is 0 Å². The first-order valence-corrected chi connectivity index (χ1v) is 11.3. The van der Waals surface area contributed by atoms with Crippen LogP contribution in [0.15, 0.2) is 71.8 Å². The van der Waals surface area contributed by atoms with E-state index in [1.165, 1.54) is 0 Å². The fraction of sp³-hybridized carbons (Fsp3) is 0.269. The number of carbonyl (C=O) groups excluding carboxylic acids is 1. The number of para-hydroxylation sites is 1. The van der Waals surface area contributed by atoms with Gasteiger partial charge in [0.25, 0.3) is 5.91 Å². The van der Waals surface area contributed by atoms with Crippen molar-refractivity contribution in [3.63, 3.8) is 0 Å². The number of rotatable bonds is 5. The van der Waals surface area contributed by atoms with E-state index in [9.17, 15) is 14.7 Å². The Morgan fingerprint density at radius 1 is 1.09 bits per heavy atom. The van der Waals surface area contributed by atoms with Crippen LogP contribution in [0.4, 0.5) is 0 Å². The fourth-order valence-corrected chi connectivity index (χ4v) is 4.57. The molecule has 4 aromatic rings. The van der Waals surface area contributed by atoms with Crippen LogP contribution in [0.25, 0.3) is 22.2 Å². The maximum Gasteiger partial charge on any atom is 0.257 e. The van der Waals surface area contributed by atoms with Gasteiger partial charge in [-0.25, -0.2) is 0 Å². The molecule has 7 nitrogen and oxygen atoms in total. The number of amides is 1. The molecule has 1 saturated carbocycles. The molecule has 1 aliphatic rings. The van der Waals surface area contributed by atoms with Crippen molar-refractivity contribution < 1.29 is 9.90 Å². The molecule has 33 heavy (non-hydrogen) atoms. The Kier molecular flexibility index (Phi) is 5.79. The number of hydrogen-bond acceptors (Lipinski definition) is 4. The predicted octanol–water partition coefficient (Wildman–Crippen LogP) is 3.47. The summed E-state index contributed by atoms with van der Waals surface area (Å²) in [5, 5.41) is 20.6. The third-order valence-corrected chi connectivity index (χ3v) is 6.40. The lowest BCUT2D eigenvalue weighted by Crippen LogP contribution is -2.46. The minimum Gasteiger partial charge on any atom is -0.391 e. The standard InChI is InChI=1S/C26H26N4O3/c31-24-8-4-2-6-22(24)28-26(33)20-16-30(23-7-3-1-5-19(23)25(20)32)15-17-9-11-18(12-10-17)21-13-14-27-29-21/h1,3,5,7,9-14,16,22,24,31H,2,4,6,8,15H2,(H,27,29)(H,28,33). The molecule has 0 saturated heterocycles. The molecule has 1 fully saturated rings. The largest absolute Gasteiger partial charge is 0.391 e. The minimum atomic E-state index is -0.571. The van der Waals surface area contributed by atoms with E-state index in [4.69, 9.17) is 0 Å². The van der Waals surface area contributed by atoms with Gasteiger partial charge in [0.05, 0.1) is 23.4 Å². The third kappa shape index (κ3) is 4.32. The highest BCUT2D eigenvalue weighted by Gasteiger charge is 2.26. The van der Waals surface area contributed by atoms with Crippen molar-refractivity contribution in [2.24, 2.45) is 0 Å². The molecule has 0 radical (unpaired) electrons. The van der Waals surface area contributed by atoms with Crippen LogP contribution in [0.1, 0.15) is 41.6 Å². The molecule has 168 valence electrons. The van der Waals surface area contributed by atoms with Gasteiger partial charge in [-0.2, -0.15) is 5.10 Å². The highest BCUT2D eigenvalue weighted by molar-refractivity contribution is 5.97. The molecule has 2 heterocycles. The molecule has 1 aliphatic carbocycles. The van der Waals surface area contributed by atoms with E-state index in [0.717, 1.165) is 41.6 Å². The van der Waals surface area contributed by atoms with E-state index < -0.39 is 12.0 Å². The summed E-state index contributed by atoms with van der Waals surface area (Å²) in [5.41, 5.74) is 3.60. The van der Waals surface area contributed by atoms with E-state index in [-0.39, 0.29) is 17.0 Å². The van der Waals surface area contributed by atoms with Gasteiger partial charge in [-0.15, -0.1) is 0 Å². The number of H-pyrrole nitrogens is 1. The third-order valence-electron chi connectivity index (χ3n) is 6.40. The van der Waals surface area contributed by atoms with Gasteiger partial charge in [0.1, 0.15) is 5.56 Å². The van der Waals surface area contributed by atoms with E-state index in [0.29, 0.717) is 18.4 Å². The van der Waals surface area contributed by atoms with Crippen molar-refractivity contribution >= 4 is 16.8 Å². The fourth-order valence-electron chi connectivity index (χ4n) is 4.57. The molecule has 3 N–H and O–H groups in total. The molecule has 0 aliphatic heterocycles. The lowest BCUT2D eigenvalue weighted by molar-refractivity contribution is 0.0716. The van der Waals surface area contributed by atoms with E-state index in [1.54, 1.807) is 24.5 Å². The summed E-state index contributed by atoms with van der Waals surface area (Å²) >= 11 is 0. The van der Waals surface area contributed by atoms with Crippen LogP contribution in [0.3, 0.4) is 0 Å². The lowest BCUT2D eigenvalue weighted by Gasteiger charge is -2.28. The van der Waals surface area contributed by atoms with Crippen LogP contribution in [-0.4, -0.2) is 37.9 Å². The summed E-state index contributed by atoms with van der Waals surface area (Å²) in [5.74, 6) is -0.431. The summed E-state index contributed by atoms with van der Waals surface area (Å²) in [6.07, 6.45) is 6.08. The number of hydrogen-bond donors (Lipinski definition) is 3. The molecule has 2 aromatic carbocycles. The van der Waals surface area contributed by atoms with Gasteiger partial charge in [-0.3, -0.25) is 14.7 Å². The normalized spacial score (nSPS) is 18.3. The number of nitrogens with zero attached hydrogens (tertiary/aromatic N) is 2. The first kappa shape index (κ1) is 21.2. The lowest BCUT2D eigenvalue weighted by atomic mass is 9.92. The van der Waals surface area contributed by atoms with Crippen LogP contribution in [-0.2, 0) is 6.54 Å². The Balaban J connectivity index is 1.47. The van der Waals surface area contributed by atoms with Gasteiger partial charge in [0, 0.05) is 24.3 Å². The van der Waals surface area contributed by atoms with E-state index >= 15 is 0 Å². The smallest absolute Gasteiger partial charge is 0.257 e. The van der Waals surface area contributed by atoms with Crippen LogP contribution in [0.5, 0.6) is 0 Å². The number of aliphatic hydroxyl groups excluding tert-OH is 1. The van der Waals surface area contributed by atoms with Crippen molar-refractivity contribution in [2.45, 2.75) is 44.4 Å². The van der Waals surface area contributed by atoms with Gasteiger partial charge in [-0.1, -0.05) is 49.2 Å². The maximum atomic E-state index is 13.1. The SMILES string of the molecule is O=C(NC1CCCCC1O)c1cn(Cc2ccc(-c3ccn[nH]3)cc2)c2ccccc2c1=O. The predicted molar refractivity (Wildman–Crippen MR) is 127 cm³/mol. The molecule has 2 unspecified atom stereocenters. The molecule has 1 amide bonds. The molecule has 0 spiro atoms. The molecule has 2 atom stereocenters. The molecule has 5 rings (SSSR count). The van der Waals surface area contributed by atoms with Crippen molar-refractivity contribution in [3.05, 3.63) is 88.3 Å². The number of aliphatic hydroxyl groups is 1. The summed E-state index contributed by atoms with van der Waals surface area (Å²) in [7, 11) is 0. The Morgan fingerprint density at radius 2 is 1.88 bits per heavy atom. The molecule has 7 heteroatoms. The van der Waals surface area contributed by atoms with Gasteiger partial charge in [0.2, 0.25) is 5.43 Å². The quantitative estimate of drug-likeness (QED) is 0.441. The maximum absolute atomic E-state index is 13.1. The van der Waals surface area contributed by atoms with Crippen LogP contribution in [0.2, 0.25) is 0 Å². The topological polar surface area (TPSA) is 100 Å². The van der Waals surface area contributed by atoms with Gasteiger partial charge in [0.15, 0.2) is 0 Å². The minimum absolute atomic E-state index is 0.0977. The van der Waals surface area contributed by atoms with Gasteiger partial charge in [-0.05, 0) is 42.2 Å². The zero-order valence-corrected chi connectivity index (χ0v) is 18.2. The summed E-state index contributed by atoms with van der Waals surface area (Å²) in [6.45, 7) is 0.510. The average Bonchev–Trinajstić information content (AvgIpc) is 3.38. The van der Waals surface area contributed by atoms with Crippen molar-refractivity contribution in [1.82, 2.24) is 20.1 Å². The van der Waals surface area contributed by atoms with E-state index in [2.05, 4.69) is 15.5 Å². The zero-order chi connectivity index (χ0) is 22.8. The van der Waals surface area contributed by atoms with Crippen LogP contribution in [0, 0.1) is 0 Å². The number of aromatic nitrogens is 3. The Morgan fingerprint density at radius 3 is 2.64 bits per heavy atom. The number of aromatic amines is 1. The summed E-state index contributed by atoms with van der Waals surface area (Å²) in [6, 6.07) is 17.0. The molecule has 2 aromatic heterocycles. The van der Waals surface area contributed by atoms with Gasteiger partial charge >= 0.3 is 0 Å². The second-order valence-corrected chi connectivity index (χ2v) is 8.62. The highest BCUT2D eigenvalue weighted by atomic mass is 16.3. The number of nitrogens with one attached hydrogen (secondary N) is 2. The average molecular weight is 443 g/mol. The molecular weight excluding hydrogens is 416 g/mol. The molecule has 0 bridgehead atoms. The number of benzene rings is 2. The van der Waals surface area contributed by atoms with Crippen LogP contribution >= 0.6 is 0 Å². The zero-order valence-electron chi connectivity index (χ0n) is 18.2. The monoisotopic (exact) mass is 442 g/mol. The molecular formula is C26H26N4O3. The Bertz CT molecular complexity index is 1330. The van der Waals surface area contributed by atoms with Crippen LogP contribution < -0.4 is 10.7 Å². The first-order valence-electron chi connectivity index (χ1n) is 11.3. The number of fused-ring (bicyclic) bond motifs is 1. The van der Waals surface area contributed by atoms with Gasteiger partial charge < -0.3 is 15.0 Å². The highest BCUT2D eigenvalue weighted by Crippen LogP contribution is 2.21. The Hall–Kier alpha value is -3.71. The second kappa shape index (κ2) is 9.03.